The molecule has 116 valence electrons. The van der Waals surface area contributed by atoms with Gasteiger partial charge in [-0.1, -0.05) is 6.07 Å². The van der Waals surface area contributed by atoms with E-state index in [2.05, 4.69) is 46.3 Å². The number of nitrogens with one attached hydrogen (secondary N) is 1. The van der Waals surface area contributed by atoms with E-state index in [0.29, 0.717) is 0 Å². The van der Waals surface area contributed by atoms with Crippen molar-refractivity contribution in [2.45, 2.75) is 38.3 Å². The Morgan fingerprint density at radius 1 is 1.29 bits per heavy atom. The molecule has 2 fully saturated rings. The second-order valence-electron chi connectivity index (χ2n) is 6.77. The SMILES string of the molecule is CN1CCC(CN(C)c2ncccc2CNC2CC2)CC1. The van der Waals surface area contributed by atoms with Gasteiger partial charge in [-0.15, -0.1) is 0 Å². The predicted octanol–water partition coefficient (Wildman–Crippen LogP) is 2.11. The van der Waals surface area contributed by atoms with Gasteiger partial charge in [-0.2, -0.15) is 0 Å². The summed E-state index contributed by atoms with van der Waals surface area (Å²) in [6.45, 7) is 4.54. The third-order valence-electron chi connectivity index (χ3n) is 4.76. The standard InChI is InChI=1S/C17H28N4/c1-20-10-7-14(8-11-20)13-21(2)17-15(4-3-9-18-17)12-19-16-5-6-16/h3-4,9,14,16,19H,5-8,10-13H2,1-2H3. The normalized spacial score (nSPS) is 20.7. The number of aromatic nitrogens is 1. The number of piperidine rings is 1. The highest BCUT2D eigenvalue weighted by Crippen LogP contribution is 2.23. The van der Waals surface area contributed by atoms with Crippen LogP contribution in [0.1, 0.15) is 31.2 Å². The van der Waals surface area contributed by atoms with Crippen LogP contribution in [0.25, 0.3) is 0 Å². The maximum atomic E-state index is 4.63. The molecule has 0 atom stereocenters. The van der Waals surface area contributed by atoms with Gasteiger partial charge in [-0.25, -0.2) is 4.98 Å². The minimum absolute atomic E-state index is 0.747. The Morgan fingerprint density at radius 3 is 2.76 bits per heavy atom. The molecule has 4 nitrogen and oxygen atoms in total. The maximum absolute atomic E-state index is 4.63. The van der Waals surface area contributed by atoms with Crippen molar-refractivity contribution in [1.82, 2.24) is 15.2 Å². The molecule has 4 heteroatoms. The molecular formula is C17H28N4. The summed E-state index contributed by atoms with van der Waals surface area (Å²) in [6, 6.07) is 5.01. The lowest BCUT2D eigenvalue weighted by molar-refractivity contribution is 0.222. The van der Waals surface area contributed by atoms with E-state index in [0.717, 1.165) is 30.9 Å². The van der Waals surface area contributed by atoms with E-state index in [9.17, 15) is 0 Å². The Kier molecular flexibility index (Phi) is 4.76. The van der Waals surface area contributed by atoms with E-state index in [1.807, 2.05) is 6.20 Å². The number of hydrogen-bond donors (Lipinski definition) is 1. The van der Waals surface area contributed by atoms with Gasteiger partial charge in [0.15, 0.2) is 0 Å². The van der Waals surface area contributed by atoms with Gasteiger partial charge < -0.3 is 15.1 Å². The molecule has 0 bridgehead atoms. The molecule has 1 aliphatic carbocycles. The first kappa shape index (κ1) is 14.8. The molecule has 0 unspecified atom stereocenters. The first-order valence-electron chi connectivity index (χ1n) is 8.29. The van der Waals surface area contributed by atoms with Crippen LogP contribution in [-0.4, -0.2) is 49.7 Å². The second kappa shape index (κ2) is 6.75. The number of pyridine rings is 1. The fraction of sp³-hybridized carbons (Fsp3) is 0.706. The number of likely N-dealkylation sites (tertiary alicyclic amines) is 1. The van der Waals surface area contributed by atoms with Crippen molar-refractivity contribution in [3.05, 3.63) is 23.9 Å². The average Bonchev–Trinajstić information content (AvgIpc) is 3.32. The van der Waals surface area contributed by atoms with Gasteiger partial charge in [-0.3, -0.25) is 0 Å². The first-order chi connectivity index (χ1) is 10.2. The minimum Gasteiger partial charge on any atom is -0.359 e. The lowest BCUT2D eigenvalue weighted by Crippen LogP contribution is -2.36. The van der Waals surface area contributed by atoms with Crippen LogP contribution in [0.3, 0.4) is 0 Å². The topological polar surface area (TPSA) is 31.4 Å². The molecule has 0 radical (unpaired) electrons. The Bertz CT molecular complexity index is 450. The summed E-state index contributed by atoms with van der Waals surface area (Å²) in [5.41, 5.74) is 1.33. The molecule has 1 saturated heterocycles. The summed E-state index contributed by atoms with van der Waals surface area (Å²) in [6.07, 6.45) is 7.20. The average molecular weight is 288 g/mol. The molecule has 0 amide bonds. The largest absolute Gasteiger partial charge is 0.359 e. The molecule has 3 rings (SSSR count). The van der Waals surface area contributed by atoms with Gasteiger partial charge in [0, 0.05) is 37.9 Å². The van der Waals surface area contributed by atoms with Crippen molar-refractivity contribution in [3.63, 3.8) is 0 Å². The molecule has 0 aromatic carbocycles. The Morgan fingerprint density at radius 2 is 2.05 bits per heavy atom. The third kappa shape index (κ3) is 4.17. The van der Waals surface area contributed by atoms with Gasteiger partial charge >= 0.3 is 0 Å². The highest BCUT2D eigenvalue weighted by molar-refractivity contribution is 5.46. The summed E-state index contributed by atoms with van der Waals surface area (Å²) >= 11 is 0. The number of nitrogens with zero attached hydrogens (tertiary/aromatic N) is 3. The van der Waals surface area contributed by atoms with Crippen LogP contribution in [0.15, 0.2) is 18.3 Å². The molecule has 2 heterocycles. The molecule has 1 aromatic heterocycles. The van der Waals surface area contributed by atoms with Crippen molar-refractivity contribution in [3.8, 4) is 0 Å². The van der Waals surface area contributed by atoms with Gasteiger partial charge in [0.25, 0.3) is 0 Å². The Labute approximate surface area is 128 Å². The van der Waals surface area contributed by atoms with E-state index in [4.69, 9.17) is 0 Å². The quantitative estimate of drug-likeness (QED) is 0.869. The maximum Gasteiger partial charge on any atom is 0.132 e. The smallest absolute Gasteiger partial charge is 0.132 e. The van der Waals surface area contributed by atoms with E-state index < -0.39 is 0 Å². The molecule has 1 aromatic rings. The van der Waals surface area contributed by atoms with Crippen LogP contribution in [0, 0.1) is 5.92 Å². The van der Waals surface area contributed by atoms with Crippen molar-refractivity contribution in [1.29, 1.82) is 0 Å². The third-order valence-corrected chi connectivity index (χ3v) is 4.76. The Balaban J connectivity index is 1.58. The van der Waals surface area contributed by atoms with Crippen molar-refractivity contribution >= 4 is 5.82 Å². The van der Waals surface area contributed by atoms with Crippen molar-refractivity contribution in [2.24, 2.45) is 5.92 Å². The number of rotatable bonds is 6. The molecule has 1 aliphatic heterocycles. The second-order valence-corrected chi connectivity index (χ2v) is 6.77. The number of anilines is 1. The zero-order valence-electron chi connectivity index (χ0n) is 13.4. The van der Waals surface area contributed by atoms with Crippen LogP contribution in [0.2, 0.25) is 0 Å². The highest BCUT2D eigenvalue weighted by Gasteiger charge is 2.22. The van der Waals surface area contributed by atoms with Crippen LogP contribution in [0.5, 0.6) is 0 Å². The lowest BCUT2D eigenvalue weighted by Gasteiger charge is -2.32. The van der Waals surface area contributed by atoms with Crippen LogP contribution in [0.4, 0.5) is 5.82 Å². The zero-order valence-corrected chi connectivity index (χ0v) is 13.4. The molecule has 2 aliphatic rings. The van der Waals surface area contributed by atoms with Crippen molar-refractivity contribution in [2.75, 3.05) is 38.6 Å². The summed E-state index contributed by atoms with van der Waals surface area (Å²) in [5.74, 6) is 1.96. The van der Waals surface area contributed by atoms with E-state index >= 15 is 0 Å². The molecule has 0 spiro atoms. The molecule has 1 N–H and O–H groups in total. The zero-order chi connectivity index (χ0) is 14.7. The monoisotopic (exact) mass is 288 g/mol. The van der Waals surface area contributed by atoms with Gasteiger partial charge in [0.1, 0.15) is 5.82 Å². The Hall–Kier alpha value is -1.13. The van der Waals surface area contributed by atoms with Gasteiger partial charge in [-0.05, 0) is 57.8 Å². The van der Waals surface area contributed by atoms with Gasteiger partial charge in [0.2, 0.25) is 0 Å². The van der Waals surface area contributed by atoms with E-state index in [1.54, 1.807) is 0 Å². The summed E-state index contributed by atoms with van der Waals surface area (Å²) < 4.78 is 0. The van der Waals surface area contributed by atoms with Crippen molar-refractivity contribution < 1.29 is 0 Å². The van der Waals surface area contributed by atoms with Crippen LogP contribution >= 0.6 is 0 Å². The minimum atomic E-state index is 0.747. The highest BCUT2D eigenvalue weighted by atomic mass is 15.2. The molecule has 1 saturated carbocycles. The predicted molar refractivity (Wildman–Crippen MR) is 87.6 cm³/mol. The fourth-order valence-electron chi connectivity index (χ4n) is 3.17. The molecule has 21 heavy (non-hydrogen) atoms. The summed E-state index contributed by atoms with van der Waals surface area (Å²) in [4.78, 5) is 9.43. The lowest BCUT2D eigenvalue weighted by atomic mass is 9.96. The number of hydrogen-bond acceptors (Lipinski definition) is 4. The van der Waals surface area contributed by atoms with E-state index in [-0.39, 0.29) is 0 Å². The summed E-state index contributed by atoms with van der Waals surface area (Å²) in [5, 5.41) is 3.60. The fourth-order valence-corrected chi connectivity index (χ4v) is 3.17. The van der Waals surface area contributed by atoms with E-state index in [1.165, 1.54) is 44.3 Å². The summed E-state index contributed by atoms with van der Waals surface area (Å²) in [7, 11) is 4.42. The van der Waals surface area contributed by atoms with Crippen LogP contribution in [-0.2, 0) is 6.54 Å². The van der Waals surface area contributed by atoms with Crippen LogP contribution < -0.4 is 10.2 Å². The van der Waals surface area contributed by atoms with Gasteiger partial charge in [0.05, 0.1) is 0 Å². The first-order valence-corrected chi connectivity index (χ1v) is 8.29. The molecular weight excluding hydrogens is 260 g/mol.